The van der Waals surface area contributed by atoms with Gasteiger partial charge in [0.25, 0.3) is 5.91 Å². The number of amides is 1. The summed E-state index contributed by atoms with van der Waals surface area (Å²) >= 11 is 0. The van der Waals surface area contributed by atoms with Crippen molar-refractivity contribution in [2.75, 3.05) is 19.0 Å². The predicted molar refractivity (Wildman–Crippen MR) is 90.2 cm³/mol. The Morgan fingerprint density at radius 2 is 2.04 bits per heavy atom. The van der Waals surface area contributed by atoms with Gasteiger partial charge in [-0.2, -0.15) is 13.2 Å². The van der Waals surface area contributed by atoms with E-state index in [9.17, 15) is 18.0 Å². The summed E-state index contributed by atoms with van der Waals surface area (Å²) in [6.07, 6.45) is -2.82. The van der Waals surface area contributed by atoms with Crippen molar-refractivity contribution in [3.8, 4) is 5.88 Å². The number of rotatable bonds is 6. The zero-order valence-electron chi connectivity index (χ0n) is 14.5. The summed E-state index contributed by atoms with van der Waals surface area (Å²) in [4.78, 5) is 20.4. The fraction of sp³-hybridized carbons (Fsp3) is 0.353. The Morgan fingerprint density at radius 1 is 1.31 bits per heavy atom. The van der Waals surface area contributed by atoms with Crippen LogP contribution < -0.4 is 15.4 Å². The lowest BCUT2D eigenvalue weighted by molar-refractivity contribution is -0.154. The van der Waals surface area contributed by atoms with E-state index in [1.54, 1.807) is 19.3 Å². The predicted octanol–water partition coefficient (Wildman–Crippen LogP) is 3.26. The molecule has 0 saturated carbocycles. The lowest BCUT2D eigenvalue weighted by Crippen LogP contribution is -2.27. The molecule has 0 spiro atoms. The SMILES string of the molecule is CNc1cc(C(C)NC(=O)c2ccc(OCC(F)(F)F)nc2C)ccn1. The van der Waals surface area contributed by atoms with Crippen LogP contribution in [-0.4, -0.2) is 35.7 Å². The molecule has 0 aliphatic heterocycles. The van der Waals surface area contributed by atoms with Crippen molar-refractivity contribution in [3.05, 3.63) is 47.3 Å². The molecule has 0 aliphatic rings. The van der Waals surface area contributed by atoms with Crippen LogP contribution in [0.5, 0.6) is 5.88 Å². The molecule has 2 N–H and O–H groups in total. The van der Waals surface area contributed by atoms with Crippen molar-refractivity contribution >= 4 is 11.7 Å². The van der Waals surface area contributed by atoms with E-state index in [1.807, 2.05) is 13.0 Å². The third-order valence-electron chi connectivity index (χ3n) is 3.58. The highest BCUT2D eigenvalue weighted by molar-refractivity contribution is 5.95. The van der Waals surface area contributed by atoms with E-state index in [0.717, 1.165) is 5.56 Å². The van der Waals surface area contributed by atoms with Crippen LogP contribution in [-0.2, 0) is 0 Å². The second-order valence-electron chi connectivity index (χ2n) is 5.61. The van der Waals surface area contributed by atoms with Crippen molar-refractivity contribution in [2.45, 2.75) is 26.1 Å². The summed E-state index contributed by atoms with van der Waals surface area (Å²) < 4.78 is 41.1. The maximum atomic E-state index is 12.4. The van der Waals surface area contributed by atoms with Crippen molar-refractivity contribution in [1.29, 1.82) is 0 Å². The van der Waals surface area contributed by atoms with E-state index in [1.165, 1.54) is 19.1 Å². The zero-order chi connectivity index (χ0) is 19.3. The number of carbonyl (C=O) groups excluding carboxylic acids is 1. The Kier molecular flexibility index (Phi) is 6.01. The van der Waals surface area contributed by atoms with E-state index in [0.29, 0.717) is 5.82 Å². The molecule has 1 unspecified atom stereocenters. The summed E-state index contributed by atoms with van der Waals surface area (Å²) in [5.74, 6) is 0.109. The average Bonchev–Trinajstić information content (AvgIpc) is 2.59. The standard InChI is InChI=1S/C17H19F3N4O2/c1-10(12-6-7-22-14(8-12)21-3)24-16(25)13-4-5-15(23-11(13)2)26-9-17(18,19)20/h4-8,10H,9H2,1-3H3,(H,21,22)(H,24,25). The molecule has 1 atom stereocenters. The minimum atomic E-state index is -4.45. The molecule has 26 heavy (non-hydrogen) atoms. The largest absolute Gasteiger partial charge is 0.468 e. The topological polar surface area (TPSA) is 76.1 Å². The number of nitrogens with zero attached hydrogens (tertiary/aromatic N) is 2. The highest BCUT2D eigenvalue weighted by atomic mass is 19.4. The third-order valence-corrected chi connectivity index (χ3v) is 3.58. The molecule has 2 heterocycles. The Balaban J connectivity index is 2.06. The molecule has 0 aromatic carbocycles. The first kappa shape index (κ1) is 19.5. The quantitative estimate of drug-likeness (QED) is 0.819. The molecule has 1 amide bonds. The molecule has 140 valence electrons. The van der Waals surface area contributed by atoms with Crippen LogP contribution in [0.3, 0.4) is 0 Å². The van der Waals surface area contributed by atoms with Crippen LogP contribution >= 0.6 is 0 Å². The van der Waals surface area contributed by atoms with Gasteiger partial charge in [-0.15, -0.1) is 0 Å². The monoisotopic (exact) mass is 368 g/mol. The van der Waals surface area contributed by atoms with Crippen LogP contribution in [0.4, 0.5) is 19.0 Å². The summed E-state index contributed by atoms with van der Waals surface area (Å²) in [7, 11) is 1.74. The number of carbonyl (C=O) groups is 1. The molecule has 2 rings (SSSR count). The molecule has 0 bridgehead atoms. The molecule has 0 saturated heterocycles. The van der Waals surface area contributed by atoms with Crippen molar-refractivity contribution in [1.82, 2.24) is 15.3 Å². The van der Waals surface area contributed by atoms with Gasteiger partial charge in [-0.1, -0.05) is 0 Å². The molecule has 0 fully saturated rings. The number of halogens is 3. The number of nitrogens with one attached hydrogen (secondary N) is 2. The number of hydrogen-bond acceptors (Lipinski definition) is 5. The first-order chi connectivity index (χ1) is 12.2. The molecular weight excluding hydrogens is 349 g/mol. The van der Waals surface area contributed by atoms with Gasteiger partial charge in [0.2, 0.25) is 5.88 Å². The lowest BCUT2D eigenvalue weighted by Gasteiger charge is -2.16. The van der Waals surface area contributed by atoms with Gasteiger partial charge in [-0.25, -0.2) is 9.97 Å². The smallest absolute Gasteiger partial charge is 0.422 e. The molecular formula is C17H19F3N4O2. The number of anilines is 1. The Morgan fingerprint density at radius 3 is 2.65 bits per heavy atom. The third kappa shape index (κ3) is 5.33. The van der Waals surface area contributed by atoms with Gasteiger partial charge >= 0.3 is 6.18 Å². The van der Waals surface area contributed by atoms with E-state index in [-0.39, 0.29) is 29.1 Å². The van der Waals surface area contributed by atoms with Crippen LogP contribution in [0.15, 0.2) is 30.5 Å². The number of hydrogen-bond donors (Lipinski definition) is 2. The molecule has 0 aliphatic carbocycles. The van der Waals surface area contributed by atoms with E-state index in [2.05, 4.69) is 25.3 Å². The van der Waals surface area contributed by atoms with E-state index >= 15 is 0 Å². The fourth-order valence-corrected chi connectivity index (χ4v) is 2.22. The number of ether oxygens (including phenoxy) is 1. The van der Waals surface area contributed by atoms with Crippen LogP contribution in [0.1, 0.15) is 34.6 Å². The molecule has 6 nitrogen and oxygen atoms in total. The highest BCUT2D eigenvalue weighted by Crippen LogP contribution is 2.20. The van der Waals surface area contributed by atoms with Gasteiger partial charge < -0.3 is 15.4 Å². The zero-order valence-corrected chi connectivity index (χ0v) is 14.5. The first-order valence-electron chi connectivity index (χ1n) is 7.81. The van der Waals surface area contributed by atoms with E-state index in [4.69, 9.17) is 0 Å². The minimum absolute atomic E-state index is 0.183. The van der Waals surface area contributed by atoms with Crippen LogP contribution in [0.25, 0.3) is 0 Å². The number of aryl methyl sites for hydroxylation is 1. The Hall–Kier alpha value is -2.84. The van der Waals surface area contributed by atoms with Crippen molar-refractivity contribution in [2.24, 2.45) is 0 Å². The summed E-state index contributed by atoms with van der Waals surface area (Å²) in [5.41, 5.74) is 1.40. The molecule has 9 heteroatoms. The molecule has 2 aromatic rings. The van der Waals surface area contributed by atoms with Crippen LogP contribution in [0.2, 0.25) is 0 Å². The second-order valence-corrected chi connectivity index (χ2v) is 5.61. The van der Waals surface area contributed by atoms with E-state index < -0.39 is 12.8 Å². The van der Waals surface area contributed by atoms with Crippen molar-refractivity contribution < 1.29 is 22.7 Å². The average molecular weight is 368 g/mol. The lowest BCUT2D eigenvalue weighted by atomic mass is 10.1. The summed E-state index contributed by atoms with van der Waals surface area (Å²) in [6, 6.07) is 5.93. The molecule has 2 aromatic heterocycles. The Bertz CT molecular complexity index is 781. The fourth-order valence-electron chi connectivity index (χ4n) is 2.22. The van der Waals surface area contributed by atoms with Crippen LogP contribution in [0, 0.1) is 6.92 Å². The summed E-state index contributed by atoms with van der Waals surface area (Å²) in [5, 5.41) is 5.74. The maximum absolute atomic E-state index is 12.4. The van der Waals surface area contributed by atoms with Gasteiger partial charge in [-0.3, -0.25) is 4.79 Å². The molecule has 0 radical (unpaired) electrons. The minimum Gasteiger partial charge on any atom is -0.468 e. The second kappa shape index (κ2) is 8.03. The highest BCUT2D eigenvalue weighted by Gasteiger charge is 2.28. The van der Waals surface area contributed by atoms with Gasteiger partial charge in [0.15, 0.2) is 6.61 Å². The normalized spacial score (nSPS) is 12.4. The van der Waals surface area contributed by atoms with Crippen molar-refractivity contribution in [3.63, 3.8) is 0 Å². The Labute approximate surface area is 148 Å². The maximum Gasteiger partial charge on any atom is 0.422 e. The van der Waals surface area contributed by atoms with Gasteiger partial charge in [0.1, 0.15) is 5.82 Å². The number of alkyl halides is 3. The summed E-state index contributed by atoms with van der Waals surface area (Å²) in [6.45, 7) is 1.92. The first-order valence-corrected chi connectivity index (χ1v) is 7.81. The van der Waals surface area contributed by atoms with Gasteiger partial charge in [0.05, 0.1) is 17.3 Å². The van der Waals surface area contributed by atoms with Gasteiger partial charge in [-0.05, 0) is 37.6 Å². The van der Waals surface area contributed by atoms with Gasteiger partial charge in [0, 0.05) is 19.3 Å². The number of pyridine rings is 2. The number of aromatic nitrogens is 2.